The fourth-order valence-corrected chi connectivity index (χ4v) is 2.93. The molecule has 3 nitrogen and oxygen atoms in total. The smallest absolute Gasteiger partial charge is 0.0914 e. The van der Waals surface area contributed by atoms with Crippen LogP contribution in [0.2, 0.25) is 0 Å². The molecule has 0 radical (unpaired) electrons. The van der Waals surface area contributed by atoms with Crippen molar-refractivity contribution in [2.75, 3.05) is 32.7 Å². The van der Waals surface area contributed by atoms with Crippen molar-refractivity contribution >= 4 is 0 Å². The Kier molecular flexibility index (Phi) is 6.02. The van der Waals surface area contributed by atoms with Crippen LogP contribution in [-0.2, 0) is 12.8 Å². The van der Waals surface area contributed by atoms with Crippen molar-refractivity contribution in [3.8, 4) is 0 Å². The molecule has 1 aliphatic rings. The van der Waals surface area contributed by atoms with Crippen LogP contribution in [0, 0.1) is 0 Å². The van der Waals surface area contributed by atoms with Crippen molar-refractivity contribution in [1.29, 1.82) is 0 Å². The van der Waals surface area contributed by atoms with Gasteiger partial charge in [0, 0.05) is 19.6 Å². The maximum atomic E-state index is 10.3. The Hall–Kier alpha value is -0.900. The average molecular weight is 276 g/mol. The quantitative estimate of drug-likeness (QED) is 0.714. The van der Waals surface area contributed by atoms with E-state index >= 15 is 0 Å². The van der Waals surface area contributed by atoms with Crippen LogP contribution in [0.25, 0.3) is 0 Å². The van der Waals surface area contributed by atoms with Gasteiger partial charge in [-0.2, -0.15) is 0 Å². The van der Waals surface area contributed by atoms with Crippen molar-refractivity contribution in [3.63, 3.8) is 0 Å². The molecule has 0 heterocycles. The first-order chi connectivity index (χ1) is 9.74. The first-order valence-corrected chi connectivity index (χ1v) is 7.97. The predicted octanol–water partition coefficient (Wildman–Crippen LogP) is 2.14. The molecule has 1 aromatic rings. The molecule has 2 rings (SSSR count). The van der Waals surface area contributed by atoms with Gasteiger partial charge in [-0.15, -0.1) is 0 Å². The third-order valence-electron chi connectivity index (χ3n) is 4.34. The zero-order chi connectivity index (χ0) is 14.4. The molecule has 1 aliphatic carbocycles. The summed E-state index contributed by atoms with van der Waals surface area (Å²) in [6, 6.07) is 6.47. The molecule has 0 bridgehead atoms. The Bertz CT molecular complexity index is 415. The van der Waals surface area contributed by atoms with Crippen LogP contribution >= 0.6 is 0 Å². The van der Waals surface area contributed by atoms with Crippen LogP contribution in [0.5, 0.6) is 0 Å². The highest BCUT2D eigenvalue weighted by Gasteiger charge is 2.14. The number of aliphatic hydroxyl groups is 1. The highest BCUT2D eigenvalue weighted by Crippen LogP contribution is 2.25. The Morgan fingerprint density at radius 2 is 1.95 bits per heavy atom. The number of benzene rings is 1. The minimum Gasteiger partial charge on any atom is -0.387 e. The number of aliphatic hydroxyl groups excluding tert-OH is 1. The molecule has 0 saturated carbocycles. The molecule has 0 saturated heterocycles. The van der Waals surface area contributed by atoms with E-state index in [2.05, 4.69) is 42.3 Å². The van der Waals surface area contributed by atoms with E-state index in [1.54, 1.807) is 0 Å². The Labute approximate surface area is 123 Å². The number of likely N-dealkylation sites (N-methyl/N-ethyl adjacent to an activating group) is 1. The van der Waals surface area contributed by atoms with E-state index in [0.29, 0.717) is 6.54 Å². The number of hydrogen-bond donors (Lipinski definition) is 2. The maximum Gasteiger partial charge on any atom is 0.0914 e. The Morgan fingerprint density at radius 3 is 2.70 bits per heavy atom. The number of fused-ring (bicyclic) bond motifs is 1. The highest BCUT2D eigenvalue weighted by atomic mass is 16.3. The lowest BCUT2D eigenvalue weighted by atomic mass is 10.0. The molecular formula is C17H28N2O. The largest absolute Gasteiger partial charge is 0.387 e. The zero-order valence-corrected chi connectivity index (χ0v) is 12.9. The zero-order valence-electron chi connectivity index (χ0n) is 12.9. The van der Waals surface area contributed by atoms with E-state index in [9.17, 15) is 5.11 Å². The second-order valence-electron chi connectivity index (χ2n) is 5.63. The molecule has 0 aliphatic heterocycles. The molecule has 0 spiro atoms. The van der Waals surface area contributed by atoms with Gasteiger partial charge in [0.15, 0.2) is 0 Å². The van der Waals surface area contributed by atoms with Crippen LogP contribution in [0.1, 0.15) is 43.1 Å². The summed E-state index contributed by atoms with van der Waals surface area (Å²) in [5.41, 5.74) is 3.96. The standard InChI is InChI=1S/C17H28N2O/c1-3-19(4-2)11-10-18-13-17(20)16-9-8-14-6-5-7-15(14)12-16/h8-9,12,17-18,20H,3-7,10-11,13H2,1-2H3. The van der Waals surface area contributed by atoms with Crippen molar-refractivity contribution in [1.82, 2.24) is 10.2 Å². The van der Waals surface area contributed by atoms with Gasteiger partial charge in [0.2, 0.25) is 0 Å². The number of hydrogen-bond acceptors (Lipinski definition) is 3. The van der Waals surface area contributed by atoms with E-state index in [1.807, 2.05) is 0 Å². The normalized spacial score (nSPS) is 15.6. The third-order valence-corrected chi connectivity index (χ3v) is 4.34. The molecule has 20 heavy (non-hydrogen) atoms. The van der Waals surface area contributed by atoms with Crippen molar-refractivity contribution in [2.24, 2.45) is 0 Å². The van der Waals surface area contributed by atoms with Gasteiger partial charge in [-0.25, -0.2) is 0 Å². The van der Waals surface area contributed by atoms with Crippen LogP contribution in [0.4, 0.5) is 0 Å². The van der Waals surface area contributed by atoms with Crippen molar-refractivity contribution < 1.29 is 5.11 Å². The Balaban J connectivity index is 1.76. The summed E-state index contributed by atoms with van der Waals surface area (Å²) in [6.07, 6.45) is 3.24. The SMILES string of the molecule is CCN(CC)CCNCC(O)c1ccc2c(c1)CCC2. The summed E-state index contributed by atoms with van der Waals surface area (Å²) in [5.74, 6) is 0. The summed E-state index contributed by atoms with van der Waals surface area (Å²) in [5, 5.41) is 13.6. The van der Waals surface area contributed by atoms with Gasteiger partial charge in [0.25, 0.3) is 0 Å². The second-order valence-corrected chi connectivity index (χ2v) is 5.63. The van der Waals surface area contributed by atoms with E-state index in [4.69, 9.17) is 0 Å². The van der Waals surface area contributed by atoms with Gasteiger partial charge in [-0.3, -0.25) is 0 Å². The minimum absolute atomic E-state index is 0.391. The molecule has 1 aromatic carbocycles. The number of rotatable bonds is 8. The van der Waals surface area contributed by atoms with E-state index in [1.165, 1.54) is 30.4 Å². The van der Waals surface area contributed by atoms with Crippen molar-refractivity contribution in [3.05, 3.63) is 34.9 Å². The molecular weight excluding hydrogens is 248 g/mol. The lowest BCUT2D eigenvalue weighted by molar-refractivity contribution is 0.172. The Morgan fingerprint density at radius 1 is 1.20 bits per heavy atom. The van der Waals surface area contributed by atoms with E-state index in [-0.39, 0.29) is 0 Å². The van der Waals surface area contributed by atoms with E-state index in [0.717, 1.165) is 31.7 Å². The predicted molar refractivity (Wildman–Crippen MR) is 84.1 cm³/mol. The number of nitrogens with one attached hydrogen (secondary N) is 1. The van der Waals surface area contributed by atoms with Crippen LogP contribution < -0.4 is 5.32 Å². The first kappa shape index (κ1) is 15.5. The lowest BCUT2D eigenvalue weighted by Crippen LogP contribution is -2.33. The van der Waals surface area contributed by atoms with E-state index < -0.39 is 6.10 Å². The molecule has 3 heteroatoms. The molecule has 1 unspecified atom stereocenters. The summed E-state index contributed by atoms with van der Waals surface area (Å²) in [7, 11) is 0. The van der Waals surface area contributed by atoms with Gasteiger partial charge in [0.05, 0.1) is 6.10 Å². The van der Waals surface area contributed by atoms with Crippen LogP contribution in [-0.4, -0.2) is 42.7 Å². The summed E-state index contributed by atoms with van der Waals surface area (Å²) >= 11 is 0. The summed E-state index contributed by atoms with van der Waals surface area (Å²) < 4.78 is 0. The summed E-state index contributed by atoms with van der Waals surface area (Å²) in [4.78, 5) is 2.38. The highest BCUT2D eigenvalue weighted by molar-refractivity contribution is 5.36. The number of nitrogens with zero attached hydrogens (tertiary/aromatic N) is 1. The third kappa shape index (κ3) is 4.05. The molecule has 1 atom stereocenters. The summed E-state index contributed by atoms with van der Waals surface area (Å²) in [6.45, 7) is 9.16. The van der Waals surface area contributed by atoms with Crippen LogP contribution in [0.3, 0.4) is 0 Å². The van der Waals surface area contributed by atoms with Crippen molar-refractivity contribution in [2.45, 2.75) is 39.2 Å². The molecule has 0 aromatic heterocycles. The van der Waals surface area contributed by atoms with Gasteiger partial charge < -0.3 is 15.3 Å². The maximum absolute atomic E-state index is 10.3. The average Bonchev–Trinajstić information content (AvgIpc) is 2.94. The minimum atomic E-state index is -0.391. The molecule has 0 fully saturated rings. The van der Waals surface area contributed by atoms with Gasteiger partial charge in [-0.1, -0.05) is 32.0 Å². The monoisotopic (exact) mass is 276 g/mol. The van der Waals surface area contributed by atoms with Gasteiger partial charge >= 0.3 is 0 Å². The molecule has 2 N–H and O–H groups in total. The second kappa shape index (κ2) is 7.77. The molecule has 0 amide bonds. The fraction of sp³-hybridized carbons (Fsp3) is 0.647. The first-order valence-electron chi connectivity index (χ1n) is 7.97. The van der Waals surface area contributed by atoms with Gasteiger partial charge in [-0.05, 0) is 49.0 Å². The topological polar surface area (TPSA) is 35.5 Å². The van der Waals surface area contributed by atoms with Crippen LogP contribution in [0.15, 0.2) is 18.2 Å². The molecule has 112 valence electrons. The lowest BCUT2D eigenvalue weighted by Gasteiger charge is -2.19. The number of aryl methyl sites for hydroxylation is 2. The fourth-order valence-electron chi connectivity index (χ4n) is 2.93. The van der Waals surface area contributed by atoms with Gasteiger partial charge in [0.1, 0.15) is 0 Å².